The molecule has 2 atom stereocenters. The van der Waals surface area contributed by atoms with Crippen LogP contribution in [0.5, 0.6) is 0 Å². The highest BCUT2D eigenvalue weighted by molar-refractivity contribution is 5.98. The summed E-state index contributed by atoms with van der Waals surface area (Å²) in [4.78, 5) is 26.1. The highest BCUT2D eigenvalue weighted by Gasteiger charge is 2.36. The minimum Gasteiger partial charge on any atom is -0.478 e. The van der Waals surface area contributed by atoms with Crippen molar-refractivity contribution >= 4 is 18.0 Å². The fourth-order valence-electron chi connectivity index (χ4n) is 4.01. The molecule has 4 heteroatoms. The smallest absolute Gasteiger partial charge is 0.332 e. The van der Waals surface area contributed by atoms with Gasteiger partial charge >= 0.3 is 5.97 Å². The van der Waals surface area contributed by atoms with E-state index in [-0.39, 0.29) is 17.9 Å². The van der Waals surface area contributed by atoms with Crippen LogP contribution in [0.15, 0.2) is 29.8 Å². The summed E-state index contributed by atoms with van der Waals surface area (Å²) in [7, 11) is 0. The van der Waals surface area contributed by atoms with Gasteiger partial charge in [-0.15, -0.1) is 0 Å². The summed E-state index contributed by atoms with van der Waals surface area (Å²) in [6.45, 7) is 3.56. The molecule has 2 aliphatic rings. The molecule has 1 aromatic carbocycles. The quantitative estimate of drug-likeness (QED) is 0.861. The number of fused-ring (bicyclic) bond motifs is 1. The van der Waals surface area contributed by atoms with Crippen LogP contribution in [0.2, 0.25) is 0 Å². The first kappa shape index (κ1) is 16.7. The van der Waals surface area contributed by atoms with Gasteiger partial charge in [-0.1, -0.05) is 37.1 Å². The van der Waals surface area contributed by atoms with Crippen molar-refractivity contribution in [2.45, 2.75) is 39.0 Å². The van der Waals surface area contributed by atoms with Crippen molar-refractivity contribution in [3.05, 3.63) is 41.0 Å². The maximum atomic E-state index is 12.6. The molecule has 3 rings (SSSR count). The molecule has 2 unspecified atom stereocenters. The third-order valence-corrected chi connectivity index (χ3v) is 5.46. The second kappa shape index (κ2) is 7.20. The summed E-state index contributed by atoms with van der Waals surface area (Å²) in [5.41, 5.74) is 2.04. The Labute approximate surface area is 143 Å². The molecule has 1 heterocycles. The summed E-state index contributed by atoms with van der Waals surface area (Å²) >= 11 is 0. The van der Waals surface area contributed by atoms with E-state index in [0.717, 1.165) is 24.2 Å². The van der Waals surface area contributed by atoms with E-state index in [1.807, 2.05) is 36.1 Å². The van der Waals surface area contributed by atoms with Crippen molar-refractivity contribution in [2.24, 2.45) is 11.8 Å². The van der Waals surface area contributed by atoms with E-state index in [0.29, 0.717) is 11.8 Å². The van der Waals surface area contributed by atoms with Crippen LogP contribution in [0.1, 0.15) is 43.2 Å². The first-order valence-electron chi connectivity index (χ1n) is 8.82. The lowest BCUT2D eigenvalue weighted by molar-refractivity contribution is -0.136. The first-order chi connectivity index (χ1) is 11.5. The Bertz CT molecular complexity index is 651. The van der Waals surface area contributed by atoms with Crippen LogP contribution in [0, 0.1) is 18.8 Å². The number of likely N-dealkylation sites (tertiary alicyclic amines) is 1. The number of nitrogens with zero attached hydrogens (tertiary/aromatic N) is 1. The average Bonchev–Trinajstić information content (AvgIpc) is 3.00. The SMILES string of the molecule is Cc1ccccc1/C=C(/CC(=O)N1CC2CCCCC2C1)C(=O)O. The maximum Gasteiger partial charge on any atom is 0.332 e. The van der Waals surface area contributed by atoms with Crippen molar-refractivity contribution in [2.75, 3.05) is 13.1 Å². The van der Waals surface area contributed by atoms with Crippen LogP contribution in [-0.4, -0.2) is 35.0 Å². The molecule has 0 radical (unpaired) electrons. The summed E-state index contributed by atoms with van der Waals surface area (Å²) in [6.07, 6.45) is 6.55. The predicted octanol–water partition coefficient (Wildman–Crippen LogP) is 3.50. The third-order valence-electron chi connectivity index (χ3n) is 5.46. The Morgan fingerprint density at radius 1 is 1.17 bits per heavy atom. The minimum atomic E-state index is -1.01. The highest BCUT2D eigenvalue weighted by atomic mass is 16.4. The number of aliphatic carboxylic acids is 1. The molecule has 1 amide bonds. The Kier molecular flexibility index (Phi) is 5.03. The van der Waals surface area contributed by atoms with Crippen molar-refractivity contribution < 1.29 is 14.7 Å². The number of hydrogen-bond donors (Lipinski definition) is 1. The fraction of sp³-hybridized carbons (Fsp3) is 0.500. The number of carbonyl (C=O) groups is 2. The number of rotatable bonds is 4. The van der Waals surface area contributed by atoms with E-state index in [1.54, 1.807) is 6.08 Å². The molecule has 2 fully saturated rings. The number of hydrogen-bond acceptors (Lipinski definition) is 2. The summed E-state index contributed by atoms with van der Waals surface area (Å²) in [5, 5.41) is 9.48. The van der Waals surface area contributed by atoms with Crippen molar-refractivity contribution in [1.29, 1.82) is 0 Å². The lowest BCUT2D eigenvalue weighted by Gasteiger charge is -2.22. The second-order valence-electron chi connectivity index (χ2n) is 7.11. The van der Waals surface area contributed by atoms with Crippen LogP contribution < -0.4 is 0 Å². The molecule has 1 saturated heterocycles. The topological polar surface area (TPSA) is 57.6 Å². The molecule has 1 aliphatic heterocycles. The van der Waals surface area contributed by atoms with Gasteiger partial charge in [0.25, 0.3) is 0 Å². The number of carbonyl (C=O) groups excluding carboxylic acids is 1. The summed E-state index contributed by atoms with van der Waals surface area (Å²) in [5.74, 6) is 0.183. The van der Waals surface area contributed by atoms with E-state index >= 15 is 0 Å². The van der Waals surface area contributed by atoms with Gasteiger partial charge in [0.05, 0.1) is 6.42 Å². The fourth-order valence-corrected chi connectivity index (χ4v) is 4.01. The van der Waals surface area contributed by atoms with Gasteiger partial charge in [0, 0.05) is 18.7 Å². The van der Waals surface area contributed by atoms with Crippen LogP contribution >= 0.6 is 0 Å². The molecule has 4 nitrogen and oxygen atoms in total. The van der Waals surface area contributed by atoms with Gasteiger partial charge < -0.3 is 10.0 Å². The zero-order chi connectivity index (χ0) is 17.1. The number of carboxylic acids is 1. The average molecular weight is 327 g/mol. The number of benzene rings is 1. The van der Waals surface area contributed by atoms with Crippen LogP contribution in [0.25, 0.3) is 6.08 Å². The van der Waals surface area contributed by atoms with Crippen molar-refractivity contribution in [1.82, 2.24) is 4.90 Å². The van der Waals surface area contributed by atoms with E-state index in [4.69, 9.17) is 0 Å². The molecular formula is C20H25NO3. The van der Waals surface area contributed by atoms with Crippen LogP contribution in [0.4, 0.5) is 0 Å². The lowest BCUT2D eigenvalue weighted by atomic mass is 9.82. The molecule has 1 aliphatic carbocycles. The molecule has 1 saturated carbocycles. The number of aryl methyl sites for hydroxylation is 1. The molecule has 128 valence electrons. The molecule has 0 bridgehead atoms. The van der Waals surface area contributed by atoms with Gasteiger partial charge in [-0.25, -0.2) is 4.79 Å². The minimum absolute atomic E-state index is 0.0247. The Hall–Kier alpha value is -2.10. The zero-order valence-corrected chi connectivity index (χ0v) is 14.2. The molecule has 24 heavy (non-hydrogen) atoms. The van der Waals surface area contributed by atoms with Crippen LogP contribution in [-0.2, 0) is 9.59 Å². The molecule has 1 aromatic rings. The molecule has 0 spiro atoms. The Balaban J connectivity index is 1.71. The number of carboxylic acid groups (broad SMARTS) is 1. The Morgan fingerprint density at radius 3 is 2.38 bits per heavy atom. The van der Waals surface area contributed by atoms with Gasteiger partial charge in [-0.05, 0) is 48.8 Å². The second-order valence-corrected chi connectivity index (χ2v) is 7.11. The van der Waals surface area contributed by atoms with Crippen molar-refractivity contribution in [3.8, 4) is 0 Å². The third kappa shape index (κ3) is 3.69. The maximum absolute atomic E-state index is 12.6. The van der Waals surface area contributed by atoms with E-state index in [2.05, 4.69) is 0 Å². The monoisotopic (exact) mass is 327 g/mol. The van der Waals surface area contributed by atoms with Gasteiger partial charge in [0.2, 0.25) is 5.91 Å². The zero-order valence-electron chi connectivity index (χ0n) is 14.2. The van der Waals surface area contributed by atoms with E-state index in [9.17, 15) is 14.7 Å². The van der Waals surface area contributed by atoms with E-state index in [1.165, 1.54) is 25.7 Å². The van der Waals surface area contributed by atoms with Gasteiger partial charge in [-0.3, -0.25) is 4.79 Å². The first-order valence-corrected chi connectivity index (χ1v) is 8.82. The van der Waals surface area contributed by atoms with Gasteiger partial charge in [0.15, 0.2) is 0 Å². The van der Waals surface area contributed by atoms with Gasteiger partial charge in [-0.2, -0.15) is 0 Å². The van der Waals surface area contributed by atoms with Crippen LogP contribution in [0.3, 0.4) is 0 Å². The number of amides is 1. The molecule has 0 aromatic heterocycles. The summed E-state index contributed by atoms with van der Waals surface area (Å²) in [6, 6.07) is 7.63. The Morgan fingerprint density at radius 2 is 1.79 bits per heavy atom. The molecular weight excluding hydrogens is 302 g/mol. The highest BCUT2D eigenvalue weighted by Crippen LogP contribution is 2.36. The normalized spacial score (nSPS) is 23.9. The largest absolute Gasteiger partial charge is 0.478 e. The standard InChI is InChI=1S/C20H25NO3/c1-14-6-2-3-7-15(14)10-18(20(23)24)11-19(22)21-12-16-8-4-5-9-17(16)13-21/h2-3,6-7,10,16-17H,4-5,8-9,11-13H2,1H3,(H,23,24)/b18-10-. The predicted molar refractivity (Wildman–Crippen MR) is 93.4 cm³/mol. The van der Waals surface area contributed by atoms with E-state index < -0.39 is 5.97 Å². The lowest BCUT2D eigenvalue weighted by Crippen LogP contribution is -2.29. The van der Waals surface area contributed by atoms with Crippen molar-refractivity contribution in [3.63, 3.8) is 0 Å². The molecule has 1 N–H and O–H groups in total. The summed E-state index contributed by atoms with van der Waals surface area (Å²) < 4.78 is 0. The van der Waals surface area contributed by atoms with Gasteiger partial charge in [0.1, 0.15) is 0 Å².